The molecule has 0 saturated heterocycles. The average Bonchev–Trinajstić information content (AvgIpc) is 2.16. The van der Waals surface area contributed by atoms with Gasteiger partial charge in [-0.05, 0) is 24.0 Å². The SMILES string of the molecule is C=C/C(=C\C=C(/C)C(=O)CC)C(C)C. The second kappa shape index (κ2) is 6.36. The molecular formula is C13H20O. The second-order valence-corrected chi connectivity index (χ2v) is 3.65. The molecule has 0 aliphatic rings. The Bertz CT molecular complexity index is 267. The highest BCUT2D eigenvalue weighted by atomic mass is 16.1. The molecule has 0 rings (SSSR count). The molecule has 0 spiro atoms. The van der Waals surface area contributed by atoms with Gasteiger partial charge < -0.3 is 0 Å². The van der Waals surface area contributed by atoms with Crippen LogP contribution in [-0.4, -0.2) is 5.78 Å². The van der Waals surface area contributed by atoms with Crippen LogP contribution in [0.5, 0.6) is 0 Å². The lowest BCUT2D eigenvalue weighted by Crippen LogP contribution is -1.96. The zero-order chi connectivity index (χ0) is 11.1. The highest BCUT2D eigenvalue weighted by Crippen LogP contribution is 2.11. The van der Waals surface area contributed by atoms with Crippen LogP contribution in [0.4, 0.5) is 0 Å². The Balaban J connectivity index is 4.66. The van der Waals surface area contributed by atoms with E-state index in [-0.39, 0.29) is 5.78 Å². The summed E-state index contributed by atoms with van der Waals surface area (Å²) in [6.07, 6.45) is 6.26. The number of Topliss-reactive ketones (excluding diaryl/α,β-unsaturated/α-hetero) is 1. The second-order valence-electron chi connectivity index (χ2n) is 3.65. The molecule has 0 saturated carbocycles. The van der Waals surface area contributed by atoms with Gasteiger partial charge in [-0.15, -0.1) is 0 Å². The van der Waals surface area contributed by atoms with Crippen molar-refractivity contribution < 1.29 is 4.79 Å². The van der Waals surface area contributed by atoms with Gasteiger partial charge in [-0.1, -0.05) is 45.6 Å². The molecule has 0 unspecified atom stereocenters. The van der Waals surface area contributed by atoms with Gasteiger partial charge in [0.15, 0.2) is 5.78 Å². The first-order valence-electron chi connectivity index (χ1n) is 5.07. The molecule has 0 heterocycles. The molecule has 0 aromatic carbocycles. The van der Waals surface area contributed by atoms with Gasteiger partial charge in [-0.3, -0.25) is 4.79 Å². The number of allylic oxidation sites excluding steroid dienone is 5. The minimum atomic E-state index is 0.202. The Morgan fingerprint density at radius 2 is 1.93 bits per heavy atom. The maximum Gasteiger partial charge on any atom is 0.158 e. The Kier molecular flexibility index (Phi) is 5.86. The third-order valence-corrected chi connectivity index (χ3v) is 2.19. The molecule has 1 nitrogen and oxygen atoms in total. The Morgan fingerprint density at radius 1 is 1.36 bits per heavy atom. The normalized spacial score (nSPS) is 13.2. The highest BCUT2D eigenvalue weighted by molar-refractivity contribution is 5.94. The first kappa shape index (κ1) is 12.9. The number of rotatable bonds is 5. The number of hydrogen-bond donors (Lipinski definition) is 0. The van der Waals surface area contributed by atoms with Crippen LogP contribution in [-0.2, 0) is 4.79 Å². The Hall–Kier alpha value is -1.11. The van der Waals surface area contributed by atoms with E-state index in [0.29, 0.717) is 12.3 Å². The summed E-state index contributed by atoms with van der Waals surface area (Å²) in [6, 6.07) is 0. The first-order chi connectivity index (χ1) is 6.52. The largest absolute Gasteiger partial charge is 0.295 e. The molecule has 0 atom stereocenters. The van der Waals surface area contributed by atoms with E-state index in [0.717, 1.165) is 11.1 Å². The van der Waals surface area contributed by atoms with Crippen molar-refractivity contribution in [2.75, 3.05) is 0 Å². The van der Waals surface area contributed by atoms with E-state index in [9.17, 15) is 4.79 Å². The fraction of sp³-hybridized carbons (Fsp3) is 0.462. The minimum Gasteiger partial charge on any atom is -0.295 e. The van der Waals surface area contributed by atoms with Crippen molar-refractivity contribution in [3.63, 3.8) is 0 Å². The van der Waals surface area contributed by atoms with E-state index in [1.54, 1.807) is 0 Å². The summed E-state index contributed by atoms with van der Waals surface area (Å²) in [5.41, 5.74) is 1.97. The molecule has 0 fully saturated rings. The standard InChI is InChI=1S/C13H20O/c1-6-12(10(3)4)9-8-11(5)13(14)7-2/h6,8-10H,1,7H2,2-5H3/b11-8+,12-9+. The van der Waals surface area contributed by atoms with E-state index in [1.165, 1.54) is 0 Å². The van der Waals surface area contributed by atoms with Crippen molar-refractivity contribution in [3.8, 4) is 0 Å². The van der Waals surface area contributed by atoms with Crippen LogP contribution in [0, 0.1) is 5.92 Å². The van der Waals surface area contributed by atoms with Crippen molar-refractivity contribution in [2.24, 2.45) is 5.92 Å². The Labute approximate surface area is 87.2 Å². The molecule has 0 aromatic heterocycles. The van der Waals surface area contributed by atoms with Gasteiger partial charge in [-0.2, -0.15) is 0 Å². The third-order valence-electron chi connectivity index (χ3n) is 2.19. The summed E-state index contributed by atoms with van der Waals surface area (Å²) >= 11 is 0. The summed E-state index contributed by atoms with van der Waals surface area (Å²) in [5, 5.41) is 0. The molecule has 0 N–H and O–H groups in total. The van der Waals surface area contributed by atoms with Crippen LogP contribution in [0.2, 0.25) is 0 Å². The zero-order valence-electron chi connectivity index (χ0n) is 9.63. The van der Waals surface area contributed by atoms with Crippen LogP contribution >= 0.6 is 0 Å². The average molecular weight is 192 g/mol. The maximum absolute atomic E-state index is 11.3. The number of carbonyl (C=O) groups excluding carboxylic acids is 1. The summed E-state index contributed by atoms with van der Waals surface area (Å²) in [4.78, 5) is 11.3. The monoisotopic (exact) mass is 192 g/mol. The molecule has 0 aliphatic heterocycles. The van der Waals surface area contributed by atoms with Crippen molar-refractivity contribution in [3.05, 3.63) is 36.0 Å². The van der Waals surface area contributed by atoms with Crippen molar-refractivity contribution in [2.45, 2.75) is 34.1 Å². The lowest BCUT2D eigenvalue weighted by molar-refractivity contribution is -0.115. The van der Waals surface area contributed by atoms with Gasteiger partial charge in [0.2, 0.25) is 0 Å². The van der Waals surface area contributed by atoms with Gasteiger partial charge >= 0.3 is 0 Å². The predicted octanol–water partition coefficient (Wildman–Crippen LogP) is 3.68. The van der Waals surface area contributed by atoms with Crippen molar-refractivity contribution in [1.82, 2.24) is 0 Å². The Morgan fingerprint density at radius 3 is 2.29 bits per heavy atom. The predicted molar refractivity (Wildman–Crippen MR) is 62.2 cm³/mol. The lowest BCUT2D eigenvalue weighted by Gasteiger charge is -2.04. The molecule has 0 radical (unpaired) electrons. The molecule has 0 bridgehead atoms. The zero-order valence-corrected chi connectivity index (χ0v) is 9.63. The van der Waals surface area contributed by atoms with Crippen LogP contribution in [0.15, 0.2) is 36.0 Å². The minimum absolute atomic E-state index is 0.202. The molecular weight excluding hydrogens is 172 g/mol. The lowest BCUT2D eigenvalue weighted by atomic mass is 10.0. The first-order valence-corrected chi connectivity index (χ1v) is 5.07. The summed E-state index contributed by atoms with van der Waals surface area (Å²) in [7, 11) is 0. The summed E-state index contributed by atoms with van der Waals surface area (Å²) in [5.74, 6) is 0.654. The van der Waals surface area contributed by atoms with Crippen LogP contribution in [0.25, 0.3) is 0 Å². The number of hydrogen-bond acceptors (Lipinski definition) is 1. The van der Waals surface area contributed by atoms with Crippen LogP contribution in [0.1, 0.15) is 34.1 Å². The highest BCUT2D eigenvalue weighted by Gasteiger charge is 2.00. The molecule has 0 amide bonds. The van der Waals surface area contributed by atoms with Gasteiger partial charge in [0.1, 0.15) is 0 Å². The maximum atomic E-state index is 11.3. The fourth-order valence-corrected chi connectivity index (χ4v) is 1.09. The van der Waals surface area contributed by atoms with Crippen LogP contribution < -0.4 is 0 Å². The van der Waals surface area contributed by atoms with E-state index in [1.807, 2.05) is 32.1 Å². The van der Waals surface area contributed by atoms with Gasteiger partial charge in [-0.25, -0.2) is 0 Å². The smallest absolute Gasteiger partial charge is 0.158 e. The molecule has 0 aliphatic carbocycles. The van der Waals surface area contributed by atoms with Crippen molar-refractivity contribution in [1.29, 1.82) is 0 Å². The number of ketones is 1. The topological polar surface area (TPSA) is 17.1 Å². The summed E-state index contributed by atoms with van der Waals surface area (Å²) in [6.45, 7) is 11.7. The van der Waals surface area contributed by atoms with Crippen molar-refractivity contribution >= 4 is 5.78 Å². The van der Waals surface area contributed by atoms with Gasteiger partial charge in [0, 0.05) is 6.42 Å². The number of carbonyl (C=O) groups is 1. The quantitative estimate of drug-likeness (QED) is 0.479. The molecule has 14 heavy (non-hydrogen) atoms. The van der Waals surface area contributed by atoms with Crippen LogP contribution in [0.3, 0.4) is 0 Å². The van der Waals surface area contributed by atoms with E-state index in [2.05, 4.69) is 20.4 Å². The van der Waals surface area contributed by atoms with E-state index >= 15 is 0 Å². The third kappa shape index (κ3) is 4.22. The van der Waals surface area contributed by atoms with E-state index < -0.39 is 0 Å². The van der Waals surface area contributed by atoms with Gasteiger partial charge in [0.25, 0.3) is 0 Å². The molecule has 1 heteroatoms. The van der Waals surface area contributed by atoms with E-state index in [4.69, 9.17) is 0 Å². The fourth-order valence-electron chi connectivity index (χ4n) is 1.09. The molecule has 0 aromatic rings. The summed E-state index contributed by atoms with van der Waals surface area (Å²) < 4.78 is 0. The van der Waals surface area contributed by atoms with Gasteiger partial charge in [0.05, 0.1) is 0 Å². The molecule has 78 valence electrons.